The highest BCUT2D eigenvalue weighted by atomic mass is 32.1. The second-order valence-electron chi connectivity index (χ2n) is 5.87. The first kappa shape index (κ1) is 16.3. The molecule has 0 radical (unpaired) electrons. The number of rotatable bonds is 4. The number of aromatic carboxylic acids is 1. The maximum absolute atomic E-state index is 11.2. The van der Waals surface area contributed by atoms with Crippen LogP contribution in [0.1, 0.15) is 15.4 Å². The molecule has 0 amide bonds. The number of hydrogen-bond donors (Lipinski definition) is 1. The van der Waals surface area contributed by atoms with E-state index in [4.69, 9.17) is 9.84 Å². The lowest BCUT2D eigenvalue weighted by Crippen LogP contribution is -1.94. The molecule has 4 nitrogen and oxygen atoms in total. The Morgan fingerprint density at radius 3 is 2.35 bits per heavy atom. The van der Waals surface area contributed by atoms with Crippen molar-refractivity contribution >= 4 is 28.1 Å². The maximum atomic E-state index is 11.2. The van der Waals surface area contributed by atoms with Gasteiger partial charge in [0.1, 0.15) is 21.4 Å². The van der Waals surface area contributed by atoms with Crippen LogP contribution in [0.15, 0.2) is 66.7 Å². The molecule has 1 aromatic heterocycles. The molecule has 3 aromatic carbocycles. The van der Waals surface area contributed by atoms with Gasteiger partial charge < -0.3 is 9.84 Å². The molecule has 0 spiro atoms. The van der Waals surface area contributed by atoms with Crippen molar-refractivity contribution in [3.63, 3.8) is 0 Å². The Hall–Kier alpha value is -3.18. The topological polar surface area (TPSA) is 59.4 Å². The molecule has 1 heterocycles. The van der Waals surface area contributed by atoms with E-state index in [0.29, 0.717) is 10.7 Å². The molecular formula is C21H15NO3S. The Morgan fingerprint density at radius 1 is 0.962 bits per heavy atom. The molecular weight excluding hydrogens is 346 g/mol. The second-order valence-corrected chi connectivity index (χ2v) is 6.87. The Balaban J connectivity index is 1.57. The minimum atomic E-state index is -0.942. The highest BCUT2D eigenvalue weighted by molar-refractivity contribution is 7.17. The first-order valence-electron chi connectivity index (χ1n) is 8.08. The van der Waals surface area contributed by atoms with Gasteiger partial charge in [-0.25, -0.2) is 9.78 Å². The van der Waals surface area contributed by atoms with E-state index < -0.39 is 5.97 Å². The predicted molar refractivity (Wildman–Crippen MR) is 103 cm³/mol. The molecule has 0 atom stereocenters. The zero-order chi connectivity index (χ0) is 18.1. The fourth-order valence-electron chi connectivity index (χ4n) is 2.75. The van der Waals surface area contributed by atoms with E-state index in [2.05, 4.69) is 17.1 Å². The molecule has 4 aromatic rings. The minimum Gasteiger partial charge on any atom is -0.477 e. The zero-order valence-corrected chi connectivity index (χ0v) is 14.8. The summed E-state index contributed by atoms with van der Waals surface area (Å²) in [6.07, 6.45) is 0. The van der Waals surface area contributed by atoms with Crippen LogP contribution in [0, 0.1) is 6.92 Å². The number of ether oxygens (including phenoxy) is 1. The van der Waals surface area contributed by atoms with Gasteiger partial charge in [0.25, 0.3) is 0 Å². The molecule has 1 N–H and O–H groups in total. The summed E-state index contributed by atoms with van der Waals surface area (Å²) in [6, 6.07) is 21.6. The highest BCUT2D eigenvalue weighted by Gasteiger charge is 2.15. The summed E-state index contributed by atoms with van der Waals surface area (Å²) in [5.41, 5.74) is 1.41. The number of nitrogens with zero attached hydrogens (tertiary/aromatic N) is 1. The van der Waals surface area contributed by atoms with Crippen LogP contribution in [0.4, 0.5) is 0 Å². The van der Waals surface area contributed by atoms with Gasteiger partial charge in [0, 0.05) is 5.56 Å². The van der Waals surface area contributed by atoms with E-state index in [1.807, 2.05) is 54.6 Å². The van der Waals surface area contributed by atoms with Gasteiger partial charge in [-0.1, -0.05) is 30.3 Å². The van der Waals surface area contributed by atoms with Crippen LogP contribution >= 0.6 is 11.3 Å². The van der Waals surface area contributed by atoms with Crippen molar-refractivity contribution in [2.24, 2.45) is 0 Å². The fraction of sp³-hybridized carbons (Fsp3) is 0.0476. The van der Waals surface area contributed by atoms with Crippen molar-refractivity contribution in [3.8, 4) is 22.1 Å². The molecule has 0 unspecified atom stereocenters. The second kappa shape index (κ2) is 6.61. The number of aryl methyl sites for hydroxylation is 1. The summed E-state index contributed by atoms with van der Waals surface area (Å²) in [5, 5.41) is 12.1. The minimum absolute atomic E-state index is 0.275. The Morgan fingerprint density at radius 2 is 1.65 bits per heavy atom. The lowest BCUT2D eigenvalue weighted by Gasteiger charge is -2.07. The largest absolute Gasteiger partial charge is 0.477 e. The molecule has 0 aliphatic carbocycles. The first-order chi connectivity index (χ1) is 12.6. The number of carboxylic acid groups (broad SMARTS) is 1. The Labute approximate surface area is 154 Å². The van der Waals surface area contributed by atoms with Crippen LogP contribution in [0.2, 0.25) is 0 Å². The number of fused-ring (bicyclic) bond motifs is 1. The van der Waals surface area contributed by atoms with Gasteiger partial charge in [-0.3, -0.25) is 0 Å². The lowest BCUT2D eigenvalue weighted by atomic mass is 10.1. The van der Waals surface area contributed by atoms with Crippen LogP contribution in [0.25, 0.3) is 21.3 Å². The molecule has 0 aliphatic rings. The van der Waals surface area contributed by atoms with Gasteiger partial charge in [0.15, 0.2) is 0 Å². The average Bonchev–Trinajstić information content (AvgIpc) is 3.04. The maximum Gasteiger partial charge on any atom is 0.347 e. The van der Waals surface area contributed by atoms with Gasteiger partial charge in [0.05, 0.1) is 5.69 Å². The van der Waals surface area contributed by atoms with Gasteiger partial charge in [0.2, 0.25) is 0 Å². The lowest BCUT2D eigenvalue weighted by molar-refractivity contribution is 0.0701. The monoisotopic (exact) mass is 361 g/mol. The summed E-state index contributed by atoms with van der Waals surface area (Å²) in [7, 11) is 0. The number of carboxylic acids is 1. The van der Waals surface area contributed by atoms with Crippen molar-refractivity contribution < 1.29 is 14.6 Å². The smallest absolute Gasteiger partial charge is 0.347 e. The fourth-order valence-corrected chi connectivity index (χ4v) is 3.66. The van der Waals surface area contributed by atoms with Gasteiger partial charge in [-0.05, 0) is 54.1 Å². The standard InChI is InChI=1S/C21H15NO3S/c1-13-19(21(23)24)26-20(22-13)15-7-9-17(10-8-15)25-18-11-6-14-4-2-3-5-16(14)12-18/h2-12H,1H3,(H,23,24). The van der Waals surface area contributed by atoms with Crippen LogP contribution in [-0.2, 0) is 0 Å². The van der Waals surface area contributed by atoms with E-state index in [9.17, 15) is 4.79 Å². The molecule has 0 fully saturated rings. The number of thiazole rings is 1. The van der Waals surface area contributed by atoms with Crippen LogP contribution in [0.3, 0.4) is 0 Å². The SMILES string of the molecule is Cc1nc(-c2ccc(Oc3ccc4ccccc4c3)cc2)sc1C(=O)O. The van der Waals surface area contributed by atoms with Crippen LogP contribution in [-0.4, -0.2) is 16.1 Å². The molecule has 0 bridgehead atoms. The number of aromatic nitrogens is 1. The van der Waals surface area contributed by atoms with E-state index in [-0.39, 0.29) is 4.88 Å². The molecule has 5 heteroatoms. The molecule has 0 aliphatic heterocycles. The molecule has 26 heavy (non-hydrogen) atoms. The Bertz CT molecular complexity index is 1100. The van der Waals surface area contributed by atoms with Gasteiger partial charge in [-0.15, -0.1) is 11.3 Å². The Kier molecular flexibility index (Phi) is 4.14. The third kappa shape index (κ3) is 3.17. The van der Waals surface area contributed by atoms with E-state index >= 15 is 0 Å². The van der Waals surface area contributed by atoms with E-state index in [1.165, 1.54) is 16.7 Å². The van der Waals surface area contributed by atoms with Crippen molar-refractivity contribution in [1.82, 2.24) is 4.98 Å². The molecule has 128 valence electrons. The van der Waals surface area contributed by atoms with Crippen molar-refractivity contribution in [3.05, 3.63) is 77.3 Å². The predicted octanol–water partition coefficient (Wildman–Crippen LogP) is 5.76. The first-order valence-corrected chi connectivity index (χ1v) is 8.89. The molecule has 0 saturated carbocycles. The van der Waals surface area contributed by atoms with Crippen LogP contribution < -0.4 is 4.74 Å². The third-order valence-corrected chi connectivity index (χ3v) is 5.24. The van der Waals surface area contributed by atoms with Crippen molar-refractivity contribution in [1.29, 1.82) is 0 Å². The van der Waals surface area contributed by atoms with Crippen molar-refractivity contribution in [2.45, 2.75) is 6.92 Å². The summed E-state index contributed by atoms with van der Waals surface area (Å²) in [6.45, 7) is 1.71. The zero-order valence-electron chi connectivity index (χ0n) is 14.0. The normalized spacial score (nSPS) is 10.8. The highest BCUT2D eigenvalue weighted by Crippen LogP contribution is 2.31. The number of hydrogen-bond acceptors (Lipinski definition) is 4. The van der Waals surface area contributed by atoms with E-state index in [1.54, 1.807) is 6.92 Å². The number of benzene rings is 3. The summed E-state index contributed by atoms with van der Waals surface area (Å²) in [5.74, 6) is 0.549. The van der Waals surface area contributed by atoms with Crippen LogP contribution in [0.5, 0.6) is 11.5 Å². The van der Waals surface area contributed by atoms with Crippen molar-refractivity contribution in [2.75, 3.05) is 0 Å². The molecule has 4 rings (SSSR count). The quantitative estimate of drug-likeness (QED) is 0.502. The summed E-state index contributed by atoms with van der Waals surface area (Å²) in [4.78, 5) is 15.8. The van der Waals surface area contributed by atoms with E-state index in [0.717, 1.165) is 22.4 Å². The van der Waals surface area contributed by atoms with Gasteiger partial charge >= 0.3 is 5.97 Å². The number of carbonyl (C=O) groups is 1. The summed E-state index contributed by atoms with van der Waals surface area (Å²) >= 11 is 1.18. The molecule has 0 saturated heterocycles. The third-order valence-electron chi connectivity index (χ3n) is 4.05. The van der Waals surface area contributed by atoms with Gasteiger partial charge in [-0.2, -0.15) is 0 Å². The summed E-state index contributed by atoms with van der Waals surface area (Å²) < 4.78 is 5.93. The average molecular weight is 361 g/mol.